The van der Waals surface area contributed by atoms with Crippen LogP contribution in [-0.4, -0.2) is 0 Å². The highest BCUT2D eigenvalue weighted by molar-refractivity contribution is 6.23. The van der Waals surface area contributed by atoms with Gasteiger partial charge in [0.25, 0.3) is 0 Å². The summed E-state index contributed by atoms with van der Waals surface area (Å²) in [5.74, 6) is 0. The first-order valence-corrected chi connectivity index (χ1v) is 15.4. The van der Waals surface area contributed by atoms with E-state index in [0.717, 1.165) is 43.8 Å². The third-order valence-corrected chi connectivity index (χ3v) is 9.88. The summed E-state index contributed by atoms with van der Waals surface area (Å²) in [6.45, 7) is 4.30. The molecule has 0 amide bonds. The summed E-state index contributed by atoms with van der Waals surface area (Å²) in [7, 11) is 0. The zero-order chi connectivity index (χ0) is 37.5. The first-order chi connectivity index (χ1) is 25.9. The smallest absolute Gasteiger partial charge is 0.136 e. The van der Waals surface area contributed by atoms with Gasteiger partial charge in [0.05, 0.1) is 11.0 Å². The summed E-state index contributed by atoms with van der Waals surface area (Å²) in [5.41, 5.74) is 6.77. The Morgan fingerprint density at radius 2 is 1.07 bits per heavy atom. The van der Waals surface area contributed by atoms with Gasteiger partial charge in [-0.1, -0.05) is 135 Å². The number of fused-ring (bicyclic) bond motifs is 9. The number of hydrogen-bond acceptors (Lipinski definition) is 1. The van der Waals surface area contributed by atoms with Crippen molar-refractivity contribution < 1.29 is 15.4 Å². The van der Waals surface area contributed by atoms with Gasteiger partial charge in [0.2, 0.25) is 0 Å². The van der Waals surface area contributed by atoms with Crippen LogP contribution in [-0.2, 0) is 5.41 Å². The standard InChI is InChI=1S/C45H30O/c1-45(2)38-20-10-9-18-34(38)44-35(19-11-21-39(44)45)43-32-16-7-5-14-30(32)42(31-15-6-8-17-33(31)43)29-22-23-40-36(25-29)37-24-27-12-3-4-13-28(27)26-41(37)46-40/h3-26H,1-2H3/i5D,6D,7D,8D,14D,15D,16D,17D. The lowest BCUT2D eigenvalue weighted by Crippen LogP contribution is -2.14. The molecule has 8 aromatic carbocycles. The quantitative estimate of drug-likeness (QED) is 0.181. The molecule has 1 heterocycles. The molecule has 1 aliphatic rings. The number of benzene rings is 8. The molecule has 0 fully saturated rings. The van der Waals surface area contributed by atoms with Gasteiger partial charge in [0.15, 0.2) is 0 Å². The van der Waals surface area contributed by atoms with Crippen LogP contribution in [0.3, 0.4) is 0 Å². The van der Waals surface area contributed by atoms with Crippen LogP contribution in [0.5, 0.6) is 0 Å². The number of rotatable bonds is 2. The van der Waals surface area contributed by atoms with Crippen LogP contribution in [0.2, 0.25) is 0 Å². The van der Waals surface area contributed by atoms with E-state index in [-0.39, 0.29) is 51.1 Å². The second-order valence-corrected chi connectivity index (χ2v) is 12.7. The maximum Gasteiger partial charge on any atom is 0.136 e. The Hall–Kier alpha value is -5.66. The molecule has 0 atom stereocenters. The normalized spacial score (nSPS) is 16.0. The Bertz CT molecular complexity index is 3090. The highest BCUT2D eigenvalue weighted by Crippen LogP contribution is 2.54. The SMILES string of the molecule is [2H]c1c([2H])c([2H])c2c(-c3cccc4c3-c3ccccc3C4(C)C)c3c([2H])c([2H])c([2H])c([2H])c3c(-c3ccc4oc5cc6ccccc6cc5c4c3)c2c1[2H]. The molecule has 0 saturated heterocycles. The van der Waals surface area contributed by atoms with Crippen LogP contribution in [0.25, 0.3) is 87.6 Å². The predicted molar refractivity (Wildman–Crippen MR) is 195 cm³/mol. The van der Waals surface area contributed by atoms with E-state index in [9.17, 15) is 5.48 Å². The summed E-state index contributed by atoms with van der Waals surface area (Å²) in [5, 5.41) is 4.48. The summed E-state index contributed by atoms with van der Waals surface area (Å²) in [6, 6.07) is 28.8. The van der Waals surface area contributed by atoms with E-state index in [1.807, 2.05) is 72.8 Å². The van der Waals surface area contributed by atoms with Crippen molar-refractivity contribution in [2.45, 2.75) is 19.3 Å². The van der Waals surface area contributed by atoms with E-state index >= 15 is 0 Å². The van der Waals surface area contributed by atoms with Crippen LogP contribution in [0.4, 0.5) is 0 Å². The minimum atomic E-state index is -0.425. The van der Waals surface area contributed by atoms with Crippen LogP contribution >= 0.6 is 0 Å². The van der Waals surface area contributed by atoms with E-state index in [2.05, 4.69) is 32.0 Å². The monoisotopic (exact) mass is 594 g/mol. The van der Waals surface area contributed by atoms with Crippen LogP contribution in [0, 0.1) is 0 Å². The molecule has 1 aromatic heterocycles. The molecular weight excluding hydrogens is 556 g/mol. The molecule has 1 nitrogen and oxygen atoms in total. The fourth-order valence-corrected chi connectivity index (χ4v) is 7.76. The van der Waals surface area contributed by atoms with Crippen molar-refractivity contribution in [3.8, 4) is 33.4 Å². The molecule has 0 aliphatic heterocycles. The molecule has 1 heteroatoms. The van der Waals surface area contributed by atoms with Gasteiger partial charge in [-0.15, -0.1) is 0 Å². The van der Waals surface area contributed by atoms with E-state index in [1.54, 1.807) is 6.07 Å². The highest BCUT2D eigenvalue weighted by atomic mass is 16.3. The molecule has 216 valence electrons. The molecular formula is C45H30O. The molecule has 0 N–H and O–H groups in total. The van der Waals surface area contributed by atoms with Gasteiger partial charge in [-0.3, -0.25) is 0 Å². The average molecular weight is 595 g/mol. The van der Waals surface area contributed by atoms with E-state index in [0.29, 0.717) is 33.4 Å². The Balaban J connectivity index is 1.44. The Morgan fingerprint density at radius 3 is 1.80 bits per heavy atom. The molecule has 9 aromatic rings. The maximum atomic E-state index is 9.48. The lowest BCUT2D eigenvalue weighted by Gasteiger charge is -2.22. The fraction of sp³-hybridized carbons (Fsp3) is 0.0667. The summed E-state index contributed by atoms with van der Waals surface area (Å²) in [4.78, 5) is 0. The van der Waals surface area contributed by atoms with Crippen molar-refractivity contribution in [3.05, 3.63) is 157 Å². The van der Waals surface area contributed by atoms with Gasteiger partial charge in [0.1, 0.15) is 11.2 Å². The molecule has 0 spiro atoms. The zero-order valence-corrected chi connectivity index (χ0v) is 25.1. The van der Waals surface area contributed by atoms with Gasteiger partial charge in [0, 0.05) is 16.2 Å². The molecule has 1 aliphatic carbocycles. The molecule has 0 saturated carbocycles. The highest BCUT2D eigenvalue weighted by Gasteiger charge is 2.37. The molecule has 46 heavy (non-hydrogen) atoms. The topological polar surface area (TPSA) is 13.1 Å². The maximum absolute atomic E-state index is 9.48. The van der Waals surface area contributed by atoms with Crippen LogP contribution < -0.4 is 0 Å². The fourth-order valence-electron chi connectivity index (χ4n) is 7.76. The van der Waals surface area contributed by atoms with Crippen molar-refractivity contribution in [3.63, 3.8) is 0 Å². The largest absolute Gasteiger partial charge is 0.456 e. The Labute approximate surface area is 278 Å². The van der Waals surface area contributed by atoms with Gasteiger partial charge in [-0.05, 0) is 101 Å². The lowest BCUT2D eigenvalue weighted by atomic mass is 9.80. The van der Waals surface area contributed by atoms with Gasteiger partial charge >= 0.3 is 0 Å². The summed E-state index contributed by atoms with van der Waals surface area (Å²) < 4.78 is 79.7. The molecule has 10 rings (SSSR count). The second-order valence-electron chi connectivity index (χ2n) is 12.7. The molecule has 0 bridgehead atoms. The van der Waals surface area contributed by atoms with Gasteiger partial charge in [-0.25, -0.2) is 0 Å². The van der Waals surface area contributed by atoms with Crippen molar-refractivity contribution in [2.75, 3.05) is 0 Å². The minimum Gasteiger partial charge on any atom is -0.456 e. The van der Waals surface area contributed by atoms with Crippen molar-refractivity contribution in [1.29, 1.82) is 0 Å². The summed E-state index contributed by atoms with van der Waals surface area (Å²) in [6.07, 6.45) is 0. The van der Waals surface area contributed by atoms with Crippen LogP contribution in [0.1, 0.15) is 35.9 Å². The lowest BCUT2D eigenvalue weighted by molar-refractivity contribution is 0.660. The zero-order valence-electron chi connectivity index (χ0n) is 33.1. The summed E-state index contributed by atoms with van der Waals surface area (Å²) >= 11 is 0. The number of hydrogen-bond donors (Lipinski definition) is 0. The molecule has 0 unspecified atom stereocenters. The predicted octanol–water partition coefficient (Wildman–Crippen LogP) is 12.7. The average Bonchev–Trinajstić information content (AvgIpc) is 3.65. The third-order valence-electron chi connectivity index (χ3n) is 9.88. The van der Waals surface area contributed by atoms with Crippen molar-refractivity contribution in [2.24, 2.45) is 0 Å². The van der Waals surface area contributed by atoms with Gasteiger partial charge < -0.3 is 4.42 Å². The van der Waals surface area contributed by atoms with E-state index < -0.39 is 24.2 Å². The van der Waals surface area contributed by atoms with Crippen molar-refractivity contribution in [1.82, 2.24) is 0 Å². The number of furan rings is 1. The Morgan fingerprint density at radius 1 is 0.478 bits per heavy atom. The van der Waals surface area contributed by atoms with Crippen molar-refractivity contribution >= 4 is 54.3 Å². The van der Waals surface area contributed by atoms with E-state index in [4.69, 9.17) is 9.90 Å². The first kappa shape index (κ1) is 19.0. The minimum absolute atomic E-state index is 0.189. The molecule has 0 radical (unpaired) electrons. The Kier molecular flexibility index (Phi) is 3.79. The first-order valence-electron chi connectivity index (χ1n) is 19.4. The third kappa shape index (κ3) is 3.40. The second kappa shape index (κ2) is 9.19. The van der Waals surface area contributed by atoms with Gasteiger partial charge in [-0.2, -0.15) is 0 Å². The van der Waals surface area contributed by atoms with E-state index in [1.165, 1.54) is 0 Å². The van der Waals surface area contributed by atoms with Crippen LogP contribution in [0.15, 0.2) is 150 Å².